The molecule has 0 bridgehead atoms. The summed E-state index contributed by atoms with van der Waals surface area (Å²) in [5, 5.41) is 0. The number of hydrogen-bond donors (Lipinski definition) is 0. The van der Waals surface area contributed by atoms with Crippen molar-refractivity contribution in [2.24, 2.45) is 0 Å². The van der Waals surface area contributed by atoms with E-state index in [2.05, 4.69) is 9.97 Å². The third-order valence-electron chi connectivity index (χ3n) is 2.92. The topological polar surface area (TPSA) is 30.2 Å². The Kier molecular flexibility index (Phi) is 2.55. The van der Waals surface area contributed by atoms with Crippen molar-refractivity contribution >= 4 is 5.78 Å². The number of aromatic nitrogens is 3. The number of halogens is 2. The minimum absolute atomic E-state index is 0.403. The van der Waals surface area contributed by atoms with Gasteiger partial charge in [-0.1, -0.05) is 0 Å². The highest BCUT2D eigenvalue weighted by molar-refractivity contribution is 5.61. The second kappa shape index (κ2) is 4.12. The van der Waals surface area contributed by atoms with E-state index in [1.165, 1.54) is 12.1 Å². The first-order valence-electron chi connectivity index (χ1n) is 5.83. The third kappa shape index (κ3) is 2.07. The van der Waals surface area contributed by atoms with Crippen molar-refractivity contribution in [3.63, 3.8) is 0 Å². The van der Waals surface area contributed by atoms with Crippen molar-refractivity contribution in [2.45, 2.75) is 13.8 Å². The molecule has 0 saturated carbocycles. The Bertz CT molecular complexity index is 757. The Labute approximate surface area is 108 Å². The van der Waals surface area contributed by atoms with E-state index < -0.39 is 11.6 Å². The average Bonchev–Trinajstić information content (AvgIpc) is 2.71. The number of benzene rings is 1. The van der Waals surface area contributed by atoms with E-state index in [0.717, 1.165) is 17.5 Å². The molecule has 0 radical (unpaired) electrons. The molecular weight excluding hydrogens is 248 g/mol. The Morgan fingerprint density at radius 3 is 2.32 bits per heavy atom. The zero-order chi connectivity index (χ0) is 13.6. The lowest BCUT2D eigenvalue weighted by molar-refractivity contribution is 0.584. The first-order chi connectivity index (χ1) is 9.02. The summed E-state index contributed by atoms with van der Waals surface area (Å²) in [5.41, 5.74) is 2.73. The van der Waals surface area contributed by atoms with Crippen LogP contribution in [0.15, 0.2) is 30.5 Å². The van der Waals surface area contributed by atoms with E-state index in [4.69, 9.17) is 0 Å². The van der Waals surface area contributed by atoms with Gasteiger partial charge in [-0.25, -0.2) is 18.7 Å². The fourth-order valence-corrected chi connectivity index (χ4v) is 2.11. The highest BCUT2D eigenvalue weighted by Gasteiger charge is 2.09. The summed E-state index contributed by atoms with van der Waals surface area (Å²) < 4.78 is 28.2. The minimum atomic E-state index is -0.618. The summed E-state index contributed by atoms with van der Waals surface area (Å²) in [7, 11) is 0. The summed E-state index contributed by atoms with van der Waals surface area (Å²) >= 11 is 0. The van der Waals surface area contributed by atoms with Crippen LogP contribution in [-0.4, -0.2) is 14.4 Å². The van der Waals surface area contributed by atoms with Crippen LogP contribution < -0.4 is 0 Å². The average molecular weight is 259 g/mol. The maximum absolute atomic E-state index is 13.2. The van der Waals surface area contributed by atoms with Crippen molar-refractivity contribution in [1.82, 2.24) is 14.4 Å². The number of hydrogen-bond acceptors (Lipinski definition) is 2. The van der Waals surface area contributed by atoms with Gasteiger partial charge in [-0.15, -0.1) is 0 Å². The van der Waals surface area contributed by atoms with Crippen molar-refractivity contribution in [2.75, 3.05) is 0 Å². The van der Waals surface area contributed by atoms with Crippen molar-refractivity contribution in [3.05, 3.63) is 53.5 Å². The molecule has 0 aliphatic rings. The Morgan fingerprint density at radius 1 is 0.947 bits per heavy atom. The smallest absolute Gasteiger partial charge is 0.234 e. The molecule has 0 aliphatic carbocycles. The van der Waals surface area contributed by atoms with E-state index in [0.29, 0.717) is 17.0 Å². The molecule has 0 aliphatic heterocycles. The molecule has 0 amide bonds. The summed E-state index contributed by atoms with van der Waals surface area (Å²) in [6, 6.07) is 5.28. The van der Waals surface area contributed by atoms with Gasteiger partial charge in [-0.2, -0.15) is 0 Å². The van der Waals surface area contributed by atoms with Crippen molar-refractivity contribution < 1.29 is 8.78 Å². The largest absolute Gasteiger partial charge is 0.288 e. The van der Waals surface area contributed by atoms with Gasteiger partial charge in [0.05, 0.1) is 5.69 Å². The number of aryl methyl sites for hydroxylation is 2. The molecule has 3 nitrogen and oxygen atoms in total. The lowest BCUT2D eigenvalue weighted by atomic mass is 10.1. The van der Waals surface area contributed by atoms with E-state index in [-0.39, 0.29) is 0 Å². The van der Waals surface area contributed by atoms with Crippen LogP contribution in [0.25, 0.3) is 17.0 Å². The molecule has 3 aromatic rings. The Hall–Kier alpha value is -2.30. The van der Waals surface area contributed by atoms with Crippen LogP contribution in [0.4, 0.5) is 8.78 Å². The molecular formula is C14H11F2N3. The van der Waals surface area contributed by atoms with Crippen LogP contribution in [0.5, 0.6) is 0 Å². The molecule has 0 unspecified atom stereocenters. The fourth-order valence-electron chi connectivity index (χ4n) is 2.11. The van der Waals surface area contributed by atoms with Crippen molar-refractivity contribution in [1.29, 1.82) is 0 Å². The van der Waals surface area contributed by atoms with Gasteiger partial charge >= 0.3 is 0 Å². The van der Waals surface area contributed by atoms with Gasteiger partial charge in [0.25, 0.3) is 0 Å². The SMILES string of the molecule is Cc1cc(C)n2cc(-c3cc(F)cc(F)c3)nc2n1. The first kappa shape index (κ1) is 11.8. The van der Waals surface area contributed by atoms with Crippen LogP contribution in [0, 0.1) is 25.5 Å². The van der Waals surface area contributed by atoms with E-state index in [9.17, 15) is 8.78 Å². The lowest BCUT2D eigenvalue weighted by Gasteiger charge is -1.99. The minimum Gasteiger partial charge on any atom is -0.288 e. The highest BCUT2D eigenvalue weighted by atomic mass is 19.1. The number of fused-ring (bicyclic) bond motifs is 1. The van der Waals surface area contributed by atoms with Crippen LogP contribution in [-0.2, 0) is 0 Å². The van der Waals surface area contributed by atoms with Gasteiger partial charge in [-0.05, 0) is 32.0 Å². The summed E-state index contributed by atoms with van der Waals surface area (Å²) in [6.45, 7) is 3.81. The Morgan fingerprint density at radius 2 is 1.63 bits per heavy atom. The number of rotatable bonds is 1. The normalized spacial score (nSPS) is 11.2. The lowest BCUT2D eigenvalue weighted by Crippen LogP contribution is -1.94. The number of nitrogens with zero attached hydrogens (tertiary/aromatic N) is 3. The molecule has 96 valence electrons. The molecule has 2 heterocycles. The second-order valence-electron chi connectivity index (χ2n) is 4.49. The van der Waals surface area contributed by atoms with Gasteiger partial charge in [0.1, 0.15) is 11.6 Å². The van der Waals surface area contributed by atoms with Crippen LogP contribution in [0.3, 0.4) is 0 Å². The molecule has 0 atom stereocenters. The van der Waals surface area contributed by atoms with Crippen LogP contribution >= 0.6 is 0 Å². The predicted octanol–water partition coefficient (Wildman–Crippen LogP) is 3.29. The molecule has 0 N–H and O–H groups in total. The highest BCUT2D eigenvalue weighted by Crippen LogP contribution is 2.21. The zero-order valence-corrected chi connectivity index (χ0v) is 10.5. The molecule has 2 aromatic heterocycles. The van der Waals surface area contributed by atoms with E-state index in [1.807, 2.05) is 19.9 Å². The zero-order valence-electron chi connectivity index (χ0n) is 10.5. The predicted molar refractivity (Wildman–Crippen MR) is 67.8 cm³/mol. The Balaban J connectivity index is 2.23. The molecule has 0 fully saturated rings. The van der Waals surface area contributed by atoms with Crippen LogP contribution in [0.2, 0.25) is 0 Å². The molecule has 1 aromatic carbocycles. The molecule has 0 spiro atoms. The van der Waals surface area contributed by atoms with Crippen molar-refractivity contribution in [3.8, 4) is 11.3 Å². The monoisotopic (exact) mass is 259 g/mol. The quantitative estimate of drug-likeness (QED) is 0.671. The maximum Gasteiger partial charge on any atom is 0.234 e. The third-order valence-corrected chi connectivity index (χ3v) is 2.92. The van der Waals surface area contributed by atoms with Gasteiger partial charge in [0, 0.05) is 29.2 Å². The summed E-state index contributed by atoms with van der Waals surface area (Å²) in [4.78, 5) is 8.60. The fraction of sp³-hybridized carbons (Fsp3) is 0.143. The van der Waals surface area contributed by atoms with Gasteiger partial charge in [0.15, 0.2) is 0 Å². The first-order valence-corrected chi connectivity index (χ1v) is 5.83. The summed E-state index contributed by atoms with van der Waals surface area (Å²) in [6.07, 6.45) is 1.73. The van der Waals surface area contributed by atoms with E-state index in [1.54, 1.807) is 10.6 Å². The summed E-state index contributed by atoms with van der Waals surface area (Å²) in [5.74, 6) is -0.710. The van der Waals surface area contributed by atoms with Gasteiger partial charge < -0.3 is 0 Å². The standard InChI is InChI=1S/C14H11F2N3/c1-8-3-9(2)19-7-13(18-14(19)17-8)10-4-11(15)6-12(16)5-10/h3-7H,1-2H3. The van der Waals surface area contributed by atoms with E-state index >= 15 is 0 Å². The van der Waals surface area contributed by atoms with Crippen LogP contribution in [0.1, 0.15) is 11.4 Å². The number of imidazole rings is 1. The van der Waals surface area contributed by atoms with Gasteiger partial charge in [0.2, 0.25) is 5.78 Å². The van der Waals surface area contributed by atoms with Gasteiger partial charge in [-0.3, -0.25) is 4.40 Å². The molecule has 5 heteroatoms. The molecule has 19 heavy (non-hydrogen) atoms. The molecule has 3 rings (SSSR count). The second-order valence-corrected chi connectivity index (χ2v) is 4.49. The maximum atomic E-state index is 13.2. The molecule has 0 saturated heterocycles.